The van der Waals surface area contributed by atoms with Crippen LogP contribution in [0.2, 0.25) is 0 Å². The number of phenols is 2. The molecule has 22 heavy (non-hydrogen) atoms. The molecule has 0 aliphatic rings. The van der Waals surface area contributed by atoms with Crippen LogP contribution in [0.15, 0.2) is 60.7 Å². The molecule has 0 atom stereocenters. The largest absolute Gasteiger partial charge is 0.508 e. The van der Waals surface area contributed by atoms with E-state index < -0.39 is 0 Å². The van der Waals surface area contributed by atoms with Gasteiger partial charge in [0.25, 0.3) is 0 Å². The van der Waals surface area contributed by atoms with Gasteiger partial charge in [0.15, 0.2) is 0 Å². The highest BCUT2D eigenvalue weighted by Crippen LogP contribution is 2.30. The van der Waals surface area contributed by atoms with Crippen LogP contribution in [0.1, 0.15) is 6.92 Å². The molecule has 3 aromatic rings. The van der Waals surface area contributed by atoms with Crippen LogP contribution in [-0.4, -0.2) is 16.1 Å². The fourth-order valence-corrected chi connectivity index (χ4v) is 2.47. The van der Waals surface area contributed by atoms with Gasteiger partial charge < -0.3 is 10.2 Å². The minimum absolute atomic E-state index is 0.121. The van der Waals surface area contributed by atoms with Crippen LogP contribution in [-0.2, 0) is 4.79 Å². The molecule has 4 nitrogen and oxygen atoms in total. The number of benzene rings is 3. The van der Waals surface area contributed by atoms with Gasteiger partial charge in [-0.3, -0.25) is 9.69 Å². The number of hydrogen-bond donors (Lipinski definition) is 2. The zero-order valence-corrected chi connectivity index (χ0v) is 12.0. The Morgan fingerprint density at radius 1 is 0.773 bits per heavy atom. The van der Waals surface area contributed by atoms with Crippen molar-refractivity contribution in [3.8, 4) is 11.5 Å². The van der Waals surface area contributed by atoms with Gasteiger partial charge in [-0.2, -0.15) is 0 Å². The van der Waals surface area contributed by atoms with Crippen LogP contribution in [0.3, 0.4) is 0 Å². The highest BCUT2D eigenvalue weighted by molar-refractivity contribution is 6.01. The van der Waals surface area contributed by atoms with E-state index in [2.05, 4.69) is 0 Å². The second kappa shape index (κ2) is 5.41. The van der Waals surface area contributed by atoms with Crippen LogP contribution in [0.5, 0.6) is 11.5 Å². The van der Waals surface area contributed by atoms with Crippen molar-refractivity contribution in [2.45, 2.75) is 6.92 Å². The van der Waals surface area contributed by atoms with E-state index >= 15 is 0 Å². The summed E-state index contributed by atoms with van der Waals surface area (Å²) in [5, 5.41) is 20.7. The number of nitrogens with zero attached hydrogens (tertiary/aromatic N) is 1. The number of carbonyl (C=O) groups excluding carboxylic acids is 1. The molecule has 0 radical (unpaired) electrons. The van der Waals surface area contributed by atoms with Gasteiger partial charge in [-0.05, 0) is 59.3 Å². The number of rotatable bonds is 2. The van der Waals surface area contributed by atoms with Crippen LogP contribution in [0, 0.1) is 0 Å². The van der Waals surface area contributed by atoms with E-state index in [-0.39, 0.29) is 17.4 Å². The molecule has 0 aliphatic heterocycles. The Morgan fingerprint density at radius 3 is 2.00 bits per heavy atom. The maximum Gasteiger partial charge on any atom is 0.228 e. The number of fused-ring (bicyclic) bond motifs is 1. The van der Waals surface area contributed by atoms with Gasteiger partial charge in [-0.25, -0.2) is 0 Å². The first-order valence-corrected chi connectivity index (χ1v) is 6.87. The molecule has 1 amide bonds. The Labute approximate surface area is 127 Å². The zero-order valence-electron chi connectivity index (χ0n) is 12.0. The van der Waals surface area contributed by atoms with E-state index in [1.165, 1.54) is 6.92 Å². The fraction of sp³-hybridized carbons (Fsp3) is 0.0556. The summed E-state index contributed by atoms with van der Waals surface area (Å²) in [5.41, 5.74) is 1.42. The summed E-state index contributed by atoms with van der Waals surface area (Å²) in [6.45, 7) is 1.49. The van der Waals surface area contributed by atoms with Crippen LogP contribution in [0.25, 0.3) is 10.8 Å². The third-order valence-corrected chi connectivity index (χ3v) is 3.49. The van der Waals surface area contributed by atoms with Crippen molar-refractivity contribution in [1.29, 1.82) is 0 Å². The first kappa shape index (κ1) is 13.9. The maximum atomic E-state index is 12.0. The number of hydrogen-bond acceptors (Lipinski definition) is 3. The summed E-state index contributed by atoms with van der Waals surface area (Å²) >= 11 is 0. The number of anilines is 2. The Kier molecular flexibility index (Phi) is 3.43. The molecule has 3 rings (SSSR count). The lowest BCUT2D eigenvalue weighted by Crippen LogP contribution is -2.22. The number of phenolic OH excluding ortho intramolecular Hbond substituents is 2. The van der Waals surface area contributed by atoms with Crippen LogP contribution >= 0.6 is 0 Å². The molecule has 3 aromatic carbocycles. The molecule has 0 bridgehead atoms. The standard InChI is InChI=1S/C18H15NO3/c1-12(20)19(15-5-8-17(21)9-6-15)16-4-2-14-11-18(22)7-3-13(14)10-16/h2-11,21-22H,1H3. The molecule has 110 valence electrons. The van der Waals surface area contributed by atoms with E-state index in [9.17, 15) is 15.0 Å². The molecule has 0 spiro atoms. The number of aromatic hydroxyl groups is 2. The van der Waals surface area contributed by atoms with Gasteiger partial charge in [0.1, 0.15) is 11.5 Å². The van der Waals surface area contributed by atoms with E-state index in [0.29, 0.717) is 5.69 Å². The Morgan fingerprint density at radius 2 is 1.32 bits per heavy atom. The molecule has 2 N–H and O–H groups in total. The highest BCUT2D eigenvalue weighted by atomic mass is 16.3. The van der Waals surface area contributed by atoms with Crippen molar-refractivity contribution in [2.24, 2.45) is 0 Å². The van der Waals surface area contributed by atoms with Gasteiger partial charge in [0.05, 0.1) is 0 Å². The monoisotopic (exact) mass is 293 g/mol. The highest BCUT2D eigenvalue weighted by Gasteiger charge is 2.14. The van der Waals surface area contributed by atoms with Crippen molar-refractivity contribution in [1.82, 2.24) is 0 Å². The van der Waals surface area contributed by atoms with Crippen LogP contribution in [0.4, 0.5) is 11.4 Å². The summed E-state index contributed by atoms with van der Waals surface area (Å²) in [4.78, 5) is 13.6. The summed E-state index contributed by atoms with van der Waals surface area (Å²) in [5.74, 6) is 0.243. The zero-order chi connectivity index (χ0) is 15.7. The van der Waals surface area contributed by atoms with Gasteiger partial charge >= 0.3 is 0 Å². The molecule has 0 aromatic heterocycles. The SMILES string of the molecule is CC(=O)N(c1ccc(O)cc1)c1ccc2cc(O)ccc2c1. The van der Waals surface area contributed by atoms with E-state index in [1.54, 1.807) is 41.3 Å². The van der Waals surface area contributed by atoms with E-state index in [1.807, 2.05) is 24.3 Å². The lowest BCUT2D eigenvalue weighted by Gasteiger charge is -2.22. The molecule has 0 aliphatic carbocycles. The predicted octanol–water partition coefficient (Wildman–Crippen LogP) is 3.94. The van der Waals surface area contributed by atoms with Crippen molar-refractivity contribution in [3.63, 3.8) is 0 Å². The third kappa shape index (κ3) is 2.59. The average Bonchev–Trinajstić information content (AvgIpc) is 2.49. The second-order valence-electron chi connectivity index (χ2n) is 5.09. The topological polar surface area (TPSA) is 60.8 Å². The summed E-state index contributed by atoms with van der Waals surface area (Å²) in [6, 6.07) is 17.2. The lowest BCUT2D eigenvalue weighted by atomic mass is 10.1. The second-order valence-corrected chi connectivity index (χ2v) is 5.09. The molecule has 0 saturated carbocycles. The summed E-state index contributed by atoms with van der Waals surface area (Å²) < 4.78 is 0. The van der Waals surface area contributed by atoms with Gasteiger partial charge in [-0.1, -0.05) is 12.1 Å². The Hall–Kier alpha value is -3.01. The molecule has 0 saturated heterocycles. The first-order chi connectivity index (χ1) is 10.5. The Bertz CT molecular complexity index is 841. The van der Waals surface area contributed by atoms with Gasteiger partial charge in [0, 0.05) is 18.3 Å². The van der Waals surface area contributed by atoms with Crippen molar-refractivity contribution in [2.75, 3.05) is 4.90 Å². The molecule has 0 heterocycles. The smallest absolute Gasteiger partial charge is 0.228 e. The minimum Gasteiger partial charge on any atom is -0.508 e. The van der Waals surface area contributed by atoms with E-state index in [0.717, 1.165) is 16.5 Å². The van der Waals surface area contributed by atoms with Crippen LogP contribution < -0.4 is 4.90 Å². The Balaban J connectivity index is 2.10. The molecule has 0 unspecified atom stereocenters. The van der Waals surface area contributed by atoms with Gasteiger partial charge in [-0.15, -0.1) is 0 Å². The third-order valence-electron chi connectivity index (χ3n) is 3.49. The van der Waals surface area contributed by atoms with Crippen molar-refractivity contribution in [3.05, 3.63) is 60.7 Å². The molecule has 0 fully saturated rings. The number of carbonyl (C=O) groups is 1. The first-order valence-electron chi connectivity index (χ1n) is 6.87. The quantitative estimate of drug-likeness (QED) is 0.752. The number of amides is 1. The van der Waals surface area contributed by atoms with E-state index in [4.69, 9.17) is 0 Å². The predicted molar refractivity (Wildman–Crippen MR) is 86.5 cm³/mol. The fourth-order valence-electron chi connectivity index (χ4n) is 2.47. The van der Waals surface area contributed by atoms with Gasteiger partial charge in [0.2, 0.25) is 5.91 Å². The lowest BCUT2D eigenvalue weighted by molar-refractivity contribution is -0.115. The molecular formula is C18H15NO3. The molecule has 4 heteroatoms. The summed E-state index contributed by atoms with van der Waals surface area (Å²) in [7, 11) is 0. The maximum absolute atomic E-state index is 12.0. The average molecular weight is 293 g/mol. The minimum atomic E-state index is -0.121. The normalized spacial score (nSPS) is 10.6. The van der Waals surface area contributed by atoms with Crippen molar-refractivity contribution < 1.29 is 15.0 Å². The summed E-state index contributed by atoms with van der Waals surface area (Å²) in [6.07, 6.45) is 0. The molecular weight excluding hydrogens is 278 g/mol. The van der Waals surface area contributed by atoms with Crippen molar-refractivity contribution >= 4 is 28.1 Å².